The molecule has 0 heterocycles. The van der Waals surface area contributed by atoms with E-state index in [1.165, 1.54) is 0 Å². The van der Waals surface area contributed by atoms with E-state index >= 15 is 0 Å². The molecule has 3 N–H and O–H groups in total. The van der Waals surface area contributed by atoms with Gasteiger partial charge in [-0.15, -0.1) is 0 Å². The second kappa shape index (κ2) is 7.14. The molecule has 5 heteroatoms. The number of benzene rings is 1. The topological polar surface area (TPSA) is 56.4 Å². The van der Waals surface area contributed by atoms with Crippen molar-refractivity contribution in [3.05, 3.63) is 24.3 Å². The lowest BCUT2D eigenvalue weighted by molar-refractivity contribution is 0.251. The van der Waals surface area contributed by atoms with Gasteiger partial charge in [0, 0.05) is 24.0 Å². The highest BCUT2D eigenvalue weighted by molar-refractivity contribution is 5.89. The summed E-state index contributed by atoms with van der Waals surface area (Å²) in [5.74, 6) is 0. The third kappa shape index (κ3) is 5.48. The van der Waals surface area contributed by atoms with E-state index in [0.717, 1.165) is 43.7 Å². The lowest BCUT2D eigenvalue weighted by Gasteiger charge is -2.11. The van der Waals surface area contributed by atoms with Crippen molar-refractivity contribution >= 4 is 17.4 Å². The van der Waals surface area contributed by atoms with Crippen LogP contribution < -0.4 is 16.0 Å². The van der Waals surface area contributed by atoms with E-state index in [1.807, 2.05) is 24.3 Å². The molecule has 20 heavy (non-hydrogen) atoms. The van der Waals surface area contributed by atoms with Crippen molar-refractivity contribution in [2.45, 2.75) is 25.3 Å². The Kier molecular flexibility index (Phi) is 5.24. The predicted molar refractivity (Wildman–Crippen MR) is 83.3 cm³/mol. The Bertz CT molecular complexity index is 426. The molecule has 0 aliphatic heterocycles. The van der Waals surface area contributed by atoms with E-state index in [4.69, 9.17) is 0 Å². The monoisotopic (exact) mass is 276 g/mol. The molecule has 1 aromatic rings. The van der Waals surface area contributed by atoms with Crippen molar-refractivity contribution < 1.29 is 4.79 Å². The van der Waals surface area contributed by atoms with E-state index in [1.54, 1.807) is 0 Å². The summed E-state index contributed by atoms with van der Waals surface area (Å²) >= 11 is 0. The number of nitrogens with zero attached hydrogens (tertiary/aromatic N) is 1. The summed E-state index contributed by atoms with van der Waals surface area (Å²) in [6.45, 7) is 2.03. The highest BCUT2D eigenvalue weighted by Gasteiger charge is 2.23. The second-order valence-corrected chi connectivity index (χ2v) is 5.53. The molecule has 0 bridgehead atoms. The Balaban J connectivity index is 1.70. The minimum atomic E-state index is -0.112. The minimum Gasteiger partial charge on any atom is -0.385 e. The van der Waals surface area contributed by atoms with Gasteiger partial charge < -0.3 is 20.9 Å². The predicted octanol–water partition coefficient (Wildman–Crippen LogP) is 2.33. The van der Waals surface area contributed by atoms with Gasteiger partial charge in [0.1, 0.15) is 0 Å². The van der Waals surface area contributed by atoms with Crippen molar-refractivity contribution in [2.24, 2.45) is 0 Å². The van der Waals surface area contributed by atoms with Crippen molar-refractivity contribution in [1.82, 2.24) is 10.2 Å². The average molecular weight is 276 g/mol. The van der Waals surface area contributed by atoms with Gasteiger partial charge in [-0.25, -0.2) is 4.79 Å². The van der Waals surface area contributed by atoms with Gasteiger partial charge >= 0.3 is 6.03 Å². The summed E-state index contributed by atoms with van der Waals surface area (Å²) in [4.78, 5) is 13.8. The standard InChI is InChI=1S/C15H24N4O/c1-19(2)11-3-10-16-12-4-6-13(7-5-12)17-15(20)18-14-8-9-14/h4-7,14,16H,3,8-11H2,1-2H3,(H2,17,18,20). The Labute approximate surface area is 120 Å². The van der Waals surface area contributed by atoms with Gasteiger partial charge in [0.2, 0.25) is 0 Å². The number of carbonyl (C=O) groups excluding carboxylic acids is 1. The molecule has 0 radical (unpaired) electrons. The van der Waals surface area contributed by atoms with Gasteiger partial charge in [-0.1, -0.05) is 0 Å². The number of urea groups is 1. The Morgan fingerprint density at radius 1 is 1.20 bits per heavy atom. The summed E-state index contributed by atoms with van der Waals surface area (Å²) in [6, 6.07) is 8.08. The summed E-state index contributed by atoms with van der Waals surface area (Å²) in [5.41, 5.74) is 1.90. The highest BCUT2D eigenvalue weighted by atomic mass is 16.2. The third-order valence-corrected chi connectivity index (χ3v) is 3.17. The fourth-order valence-electron chi connectivity index (χ4n) is 1.88. The molecule has 0 atom stereocenters. The smallest absolute Gasteiger partial charge is 0.319 e. The van der Waals surface area contributed by atoms with E-state index in [2.05, 4.69) is 34.9 Å². The zero-order valence-electron chi connectivity index (χ0n) is 12.3. The first-order valence-corrected chi connectivity index (χ1v) is 7.19. The van der Waals surface area contributed by atoms with Gasteiger partial charge in [0.05, 0.1) is 0 Å². The number of hydrogen-bond donors (Lipinski definition) is 3. The van der Waals surface area contributed by atoms with Crippen LogP contribution in [-0.4, -0.2) is 44.2 Å². The summed E-state index contributed by atoms with van der Waals surface area (Å²) in [6.07, 6.45) is 3.31. The number of rotatable bonds is 7. The molecule has 1 fully saturated rings. The van der Waals surface area contributed by atoms with Crippen LogP contribution in [0.25, 0.3) is 0 Å². The van der Waals surface area contributed by atoms with Gasteiger partial charge in [0.25, 0.3) is 0 Å². The zero-order valence-corrected chi connectivity index (χ0v) is 12.3. The summed E-state index contributed by atoms with van der Waals surface area (Å²) in [7, 11) is 4.15. The molecular weight excluding hydrogens is 252 g/mol. The van der Waals surface area contributed by atoms with Crippen molar-refractivity contribution in [2.75, 3.05) is 37.8 Å². The van der Waals surface area contributed by atoms with E-state index in [9.17, 15) is 4.79 Å². The lowest BCUT2D eigenvalue weighted by Crippen LogP contribution is -2.30. The Hall–Kier alpha value is -1.75. The largest absolute Gasteiger partial charge is 0.385 e. The quantitative estimate of drug-likeness (QED) is 0.670. The maximum atomic E-state index is 11.6. The SMILES string of the molecule is CN(C)CCCNc1ccc(NC(=O)NC2CC2)cc1. The van der Waals surface area contributed by atoms with Crippen molar-refractivity contribution in [3.63, 3.8) is 0 Å². The molecular formula is C15H24N4O. The van der Waals surface area contributed by atoms with Gasteiger partial charge in [-0.3, -0.25) is 0 Å². The fourth-order valence-corrected chi connectivity index (χ4v) is 1.88. The molecule has 1 saturated carbocycles. The molecule has 0 saturated heterocycles. The van der Waals surface area contributed by atoms with Crippen LogP contribution in [0.2, 0.25) is 0 Å². The molecule has 0 unspecified atom stereocenters. The van der Waals surface area contributed by atoms with Crippen LogP contribution in [0.1, 0.15) is 19.3 Å². The van der Waals surface area contributed by atoms with Gasteiger partial charge in [-0.05, 0) is 64.2 Å². The molecule has 5 nitrogen and oxygen atoms in total. The number of nitrogens with one attached hydrogen (secondary N) is 3. The van der Waals surface area contributed by atoms with Gasteiger partial charge in [-0.2, -0.15) is 0 Å². The molecule has 1 aliphatic rings. The molecule has 0 aromatic heterocycles. The third-order valence-electron chi connectivity index (χ3n) is 3.17. The van der Waals surface area contributed by atoms with Crippen molar-refractivity contribution in [3.8, 4) is 0 Å². The number of amides is 2. The van der Waals surface area contributed by atoms with Crippen LogP contribution in [0.3, 0.4) is 0 Å². The van der Waals surface area contributed by atoms with E-state index in [0.29, 0.717) is 6.04 Å². The first-order valence-electron chi connectivity index (χ1n) is 7.19. The molecule has 1 aromatic carbocycles. The normalized spacial score (nSPS) is 14.2. The second-order valence-electron chi connectivity index (χ2n) is 5.53. The summed E-state index contributed by atoms with van der Waals surface area (Å²) < 4.78 is 0. The molecule has 0 spiro atoms. The van der Waals surface area contributed by atoms with E-state index in [-0.39, 0.29) is 6.03 Å². The number of hydrogen-bond acceptors (Lipinski definition) is 3. The Morgan fingerprint density at radius 2 is 1.85 bits per heavy atom. The fraction of sp³-hybridized carbons (Fsp3) is 0.533. The molecule has 2 amide bonds. The van der Waals surface area contributed by atoms with Crippen LogP contribution in [0.4, 0.5) is 16.2 Å². The number of carbonyl (C=O) groups is 1. The first kappa shape index (κ1) is 14.7. The molecule has 1 aliphatic carbocycles. The maximum Gasteiger partial charge on any atom is 0.319 e. The average Bonchev–Trinajstić information content (AvgIpc) is 3.20. The molecule has 2 rings (SSSR count). The Morgan fingerprint density at radius 3 is 2.45 bits per heavy atom. The highest BCUT2D eigenvalue weighted by Crippen LogP contribution is 2.19. The zero-order chi connectivity index (χ0) is 14.4. The van der Waals surface area contributed by atoms with Crippen LogP contribution in [-0.2, 0) is 0 Å². The van der Waals surface area contributed by atoms with Crippen molar-refractivity contribution in [1.29, 1.82) is 0 Å². The van der Waals surface area contributed by atoms with Crippen LogP contribution >= 0.6 is 0 Å². The van der Waals surface area contributed by atoms with Gasteiger partial charge in [0.15, 0.2) is 0 Å². The number of anilines is 2. The van der Waals surface area contributed by atoms with Crippen LogP contribution in [0.15, 0.2) is 24.3 Å². The summed E-state index contributed by atoms with van der Waals surface area (Å²) in [5, 5.41) is 9.11. The lowest BCUT2D eigenvalue weighted by atomic mass is 10.2. The van der Waals surface area contributed by atoms with Crippen LogP contribution in [0.5, 0.6) is 0 Å². The van der Waals surface area contributed by atoms with E-state index < -0.39 is 0 Å². The first-order chi connectivity index (χ1) is 9.63. The maximum absolute atomic E-state index is 11.6. The molecule has 110 valence electrons. The minimum absolute atomic E-state index is 0.112. The van der Waals surface area contributed by atoms with Crippen LogP contribution in [0, 0.1) is 0 Å².